The SMILES string of the molecule is CCNC(=O)C(C)S(=O)(=O)c1ccc(F)c(C(=O)O)c1. The maximum Gasteiger partial charge on any atom is 0.338 e. The molecule has 2 N–H and O–H groups in total. The fraction of sp³-hybridized carbons (Fsp3) is 0.333. The summed E-state index contributed by atoms with van der Waals surface area (Å²) in [6.45, 7) is 3.09. The molecule has 1 rings (SSSR count). The van der Waals surface area contributed by atoms with Gasteiger partial charge in [0.1, 0.15) is 11.1 Å². The molecule has 1 atom stereocenters. The molecular formula is C12H14FNO5S. The number of amides is 1. The summed E-state index contributed by atoms with van der Waals surface area (Å²) in [6, 6.07) is 2.40. The minimum atomic E-state index is -4.08. The van der Waals surface area contributed by atoms with Gasteiger partial charge in [0, 0.05) is 6.54 Å². The first-order valence-corrected chi connectivity index (χ1v) is 7.31. The summed E-state index contributed by atoms with van der Waals surface area (Å²) in [6.07, 6.45) is 0. The first-order chi connectivity index (χ1) is 9.21. The number of halogens is 1. The number of carbonyl (C=O) groups is 2. The number of carboxylic acid groups (broad SMARTS) is 1. The van der Waals surface area contributed by atoms with Crippen molar-refractivity contribution in [2.24, 2.45) is 0 Å². The number of sulfone groups is 1. The highest BCUT2D eigenvalue weighted by atomic mass is 32.2. The molecule has 20 heavy (non-hydrogen) atoms. The predicted octanol–water partition coefficient (Wildman–Crippen LogP) is 0.822. The summed E-state index contributed by atoms with van der Waals surface area (Å²) in [5, 5.41) is 9.74. The highest BCUT2D eigenvalue weighted by Gasteiger charge is 2.30. The largest absolute Gasteiger partial charge is 0.478 e. The second-order valence-corrected chi connectivity index (χ2v) is 6.30. The van der Waals surface area contributed by atoms with Crippen LogP contribution in [0.5, 0.6) is 0 Å². The fourth-order valence-electron chi connectivity index (χ4n) is 1.51. The molecular weight excluding hydrogens is 289 g/mol. The van der Waals surface area contributed by atoms with Gasteiger partial charge in [0.25, 0.3) is 0 Å². The highest BCUT2D eigenvalue weighted by molar-refractivity contribution is 7.92. The van der Waals surface area contributed by atoms with Crippen molar-refractivity contribution < 1.29 is 27.5 Å². The van der Waals surface area contributed by atoms with Crippen molar-refractivity contribution in [3.63, 3.8) is 0 Å². The molecule has 0 saturated carbocycles. The second-order valence-electron chi connectivity index (χ2n) is 4.03. The molecule has 0 saturated heterocycles. The van der Waals surface area contributed by atoms with Crippen LogP contribution in [0.1, 0.15) is 24.2 Å². The number of benzene rings is 1. The van der Waals surface area contributed by atoms with Crippen LogP contribution in [0.25, 0.3) is 0 Å². The Hall–Kier alpha value is -1.96. The van der Waals surface area contributed by atoms with Crippen LogP contribution in [-0.4, -0.2) is 37.2 Å². The van der Waals surface area contributed by atoms with Gasteiger partial charge in [-0.05, 0) is 32.0 Å². The number of nitrogens with one attached hydrogen (secondary N) is 1. The zero-order chi connectivity index (χ0) is 15.5. The lowest BCUT2D eigenvalue weighted by atomic mass is 10.2. The number of carbonyl (C=O) groups excluding carboxylic acids is 1. The molecule has 6 nitrogen and oxygen atoms in total. The maximum atomic E-state index is 13.2. The molecule has 1 aromatic carbocycles. The van der Waals surface area contributed by atoms with Crippen LogP contribution in [0.2, 0.25) is 0 Å². The van der Waals surface area contributed by atoms with Crippen LogP contribution in [-0.2, 0) is 14.6 Å². The molecule has 0 heterocycles. The molecule has 110 valence electrons. The Bertz CT molecular complexity index is 641. The van der Waals surface area contributed by atoms with Gasteiger partial charge in [-0.15, -0.1) is 0 Å². The topological polar surface area (TPSA) is 101 Å². The van der Waals surface area contributed by atoms with Gasteiger partial charge >= 0.3 is 5.97 Å². The normalized spacial score (nSPS) is 12.8. The molecule has 0 bridgehead atoms. The van der Waals surface area contributed by atoms with E-state index in [1.165, 1.54) is 6.92 Å². The number of aromatic carboxylic acids is 1. The van der Waals surface area contributed by atoms with Gasteiger partial charge in [-0.3, -0.25) is 4.79 Å². The summed E-state index contributed by atoms with van der Waals surface area (Å²) in [7, 11) is -4.08. The van der Waals surface area contributed by atoms with E-state index in [1.54, 1.807) is 6.92 Å². The van der Waals surface area contributed by atoms with Crippen LogP contribution in [0.3, 0.4) is 0 Å². The van der Waals surface area contributed by atoms with E-state index < -0.39 is 43.2 Å². The van der Waals surface area contributed by atoms with Crippen molar-refractivity contribution in [3.05, 3.63) is 29.6 Å². The van der Waals surface area contributed by atoms with Crippen molar-refractivity contribution in [2.75, 3.05) is 6.54 Å². The minimum absolute atomic E-state index is 0.266. The summed E-state index contributed by atoms with van der Waals surface area (Å²) in [5.41, 5.74) is -0.755. The molecule has 0 aromatic heterocycles. The van der Waals surface area contributed by atoms with Gasteiger partial charge in [-0.25, -0.2) is 17.6 Å². The molecule has 0 aliphatic carbocycles. The second kappa shape index (κ2) is 6.00. The minimum Gasteiger partial charge on any atom is -0.478 e. The molecule has 0 fully saturated rings. The Morgan fingerprint density at radius 3 is 2.50 bits per heavy atom. The van der Waals surface area contributed by atoms with E-state index in [2.05, 4.69) is 5.32 Å². The zero-order valence-corrected chi connectivity index (χ0v) is 11.7. The van der Waals surface area contributed by atoms with Crippen molar-refractivity contribution in [2.45, 2.75) is 24.0 Å². The van der Waals surface area contributed by atoms with E-state index in [-0.39, 0.29) is 6.54 Å². The predicted molar refractivity (Wildman–Crippen MR) is 68.7 cm³/mol. The van der Waals surface area contributed by atoms with Crippen LogP contribution in [0.15, 0.2) is 23.1 Å². The Kier molecular flexibility index (Phi) is 4.83. The lowest BCUT2D eigenvalue weighted by molar-refractivity contribution is -0.120. The van der Waals surface area contributed by atoms with Crippen molar-refractivity contribution in [1.82, 2.24) is 5.32 Å². The molecule has 0 spiro atoms. The molecule has 1 amide bonds. The first-order valence-electron chi connectivity index (χ1n) is 5.76. The summed E-state index contributed by atoms with van der Waals surface area (Å²) < 4.78 is 37.6. The maximum absolute atomic E-state index is 13.2. The fourth-order valence-corrected chi connectivity index (χ4v) is 2.82. The molecule has 1 aromatic rings. The third-order valence-electron chi connectivity index (χ3n) is 2.68. The van der Waals surface area contributed by atoms with Gasteiger partial charge < -0.3 is 10.4 Å². The third-order valence-corrected chi connectivity index (χ3v) is 4.74. The van der Waals surface area contributed by atoms with Crippen LogP contribution >= 0.6 is 0 Å². The van der Waals surface area contributed by atoms with Crippen molar-refractivity contribution >= 4 is 21.7 Å². The molecule has 8 heteroatoms. The summed E-state index contributed by atoms with van der Waals surface area (Å²) >= 11 is 0. The van der Waals surface area contributed by atoms with E-state index in [1.807, 2.05) is 0 Å². The van der Waals surface area contributed by atoms with Crippen molar-refractivity contribution in [3.8, 4) is 0 Å². The Morgan fingerprint density at radius 2 is 2.00 bits per heavy atom. The number of rotatable bonds is 5. The van der Waals surface area contributed by atoms with Crippen LogP contribution in [0.4, 0.5) is 4.39 Å². The highest BCUT2D eigenvalue weighted by Crippen LogP contribution is 2.20. The van der Waals surface area contributed by atoms with E-state index in [4.69, 9.17) is 5.11 Å². The Labute approximate surface area is 115 Å². The number of carboxylic acids is 1. The number of hydrogen-bond acceptors (Lipinski definition) is 4. The van der Waals surface area contributed by atoms with Gasteiger partial charge in [0.2, 0.25) is 5.91 Å². The molecule has 1 unspecified atom stereocenters. The smallest absolute Gasteiger partial charge is 0.338 e. The average Bonchev–Trinajstić information content (AvgIpc) is 2.37. The molecule has 0 radical (unpaired) electrons. The van der Waals surface area contributed by atoms with E-state index in [0.717, 1.165) is 12.1 Å². The average molecular weight is 303 g/mol. The van der Waals surface area contributed by atoms with Gasteiger partial charge in [-0.1, -0.05) is 0 Å². The van der Waals surface area contributed by atoms with E-state index in [0.29, 0.717) is 6.07 Å². The van der Waals surface area contributed by atoms with E-state index in [9.17, 15) is 22.4 Å². The number of hydrogen-bond donors (Lipinski definition) is 2. The van der Waals surface area contributed by atoms with Crippen LogP contribution in [0, 0.1) is 5.82 Å². The monoisotopic (exact) mass is 303 g/mol. The standard InChI is InChI=1S/C12H14FNO5S/c1-3-14-11(15)7(2)20(18,19)8-4-5-10(13)9(6-8)12(16)17/h4-7H,3H2,1-2H3,(H,14,15)(H,16,17). The Morgan fingerprint density at radius 1 is 1.40 bits per heavy atom. The van der Waals surface area contributed by atoms with Crippen molar-refractivity contribution in [1.29, 1.82) is 0 Å². The summed E-state index contributed by atoms with van der Waals surface area (Å²) in [5.74, 6) is -3.32. The zero-order valence-electron chi connectivity index (χ0n) is 10.9. The first kappa shape index (κ1) is 16.1. The van der Waals surface area contributed by atoms with E-state index >= 15 is 0 Å². The molecule has 0 aliphatic heterocycles. The van der Waals surface area contributed by atoms with Gasteiger partial charge in [-0.2, -0.15) is 0 Å². The lowest BCUT2D eigenvalue weighted by Crippen LogP contribution is -2.37. The Balaban J connectivity index is 3.26. The molecule has 0 aliphatic rings. The summed E-state index contributed by atoms with van der Waals surface area (Å²) in [4.78, 5) is 22.0. The van der Waals surface area contributed by atoms with Crippen LogP contribution < -0.4 is 5.32 Å². The lowest BCUT2D eigenvalue weighted by Gasteiger charge is -2.13. The van der Waals surface area contributed by atoms with Gasteiger partial charge in [0.15, 0.2) is 9.84 Å². The third kappa shape index (κ3) is 3.13. The van der Waals surface area contributed by atoms with Gasteiger partial charge in [0.05, 0.1) is 10.5 Å². The quantitative estimate of drug-likeness (QED) is 0.784.